The summed E-state index contributed by atoms with van der Waals surface area (Å²) in [5.41, 5.74) is 0. The van der Waals surface area contributed by atoms with Crippen LogP contribution in [-0.4, -0.2) is 41.9 Å². The van der Waals surface area contributed by atoms with Crippen LogP contribution in [0.2, 0.25) is 0 Å². The second-order valence-corrected chi connectivity index (χ2v) is 7.37. The van der Waals surface area contributed by atoms with E-state index in [-0.39, 0.29) is 0 Å². The molecule has 0 saturated heterocycles. The molecule has 1 atom stereocenters. The molecule has 2 rings (SSSR count). The molecule has 1 unspecified atom stereocenters. The van der Waals surface area contributed by atoms with Crippen LogP contribution in [0.15, 0.2) is 30.3 Å². The minimum atomic E-state index is -0.453. The number of aliphatic hydroxyl groups excluding tert-OH is 1. The van der Waals surface area contributed by atoms with Gasteiger partial charge in [-0.1, -0.05) is 37.5 Å². The summed E-state index contributed by atoms with van der Waals surface area (Å²) in [6, 6.07) is 9.63. The Kier molecular flexibility index (Phi) is 8.76. The minimum absolute atomic E-state index is 0.341. The number of ether oxygens (including phenoxy) is 1. The summed E-state index contributed by atoms with van der Waals surface area (Å²) in [7, 11) is 0. The maximum absolute atomic E-state index is 9.88. The molecule has 2 N–H and O–H groups in total. The van der Waals surface area contributed by atoms with Gasteiger partial charge in [-0.05, 0) is 43.7 Å². The van der Waals surface area contributed by atoms with Crippen LogP contribution in [0.25, 0.3) is 0 Å². The van der Waals surface area contributed by atoms with E-state index in [0.717, 1.165) is 17.5 Å². The van der Waals surface area contributed by atoms with Crippen molar-refractivity contribution in [2.75, 3.05) is 25.4 Å². The van der Waals surface area contributed by atoms with Gasteiger partial charge in [0.1, 0.15) is 18.5 Å². The van der Waals surface area contributed by atoms with Gasteiger partial charge in [-0.25, -0.2) is 0 Å². The standard InChI is InChI=1S/C18H29NO2S/c20-16(15-21-17-8-3-1-4-9-17)14-19-12-7-13-22-18-10-5-2-6-11-18/h1,3-4,8-9,16,18-20H,2,5-7,10-15H2. The predicted molar refractivity (Wildman–Crippen MR) is 94.8 cm³/mol. The highest BCUT2D eigenvalue weighted by molar-refractivity contribution is 7.99. The molecule has 3 nitrogen and oxygen atoms in total. The third kappa shape index (κ3) is 7.52. The largest absolute Gasteiger partial charge is 0.491 e. The Morgan fingerprint density at radius 2 is 1.95 bits per heavy atom. The number of hydrogen-bond acceptors (Lipinski definition) is 4. The van der Waals surface area contributed by atoms with E-state index < -0.39 is 6.10 Å². The number of para-hydroxylation sites is 1. The quantitative estimate of drug-likeness (QED) is 0.647. The molecular formula is C18H29NO2S. The van der Waals surface area contributed by atoms with Gasteiger partial charge in [0.25, 0.3) is 0 Å². The first-order valence-corrected chi connectivity index (χ1v) is 9.57. The fourth-order valence-corrected chi connectivity index (χ4v) is 4.03. The van der Waals surface area contributed by atoms with Crippen LogP contribution >= 0.6 is 11.8 Å². The summed E-state index contributed by atoms with van der Waals surface area (Å²) in [6.45, 7) is 1.91. The van der Waals surface area contributed by atoms with Crippen LogP contribution in [0.5, 0.6) is 5.75 Å². The average Bonchev–Trinajstić information content (AvgIpc) is 2.58. The molecule has 0 bridgehead atoms. The highest BCUT2D eigenvalue weighted by atomic mass is 32.2. The second-order valence-electron chi connectivity index (χ2n) is 5.97. The van der Waals surface area contributed by atoms with Gasteiger partial charge in [0.15, 0.2) is 0 Å². The molecule has 1 aliphatic rings. The van der Waals surface area contributed by atoms with Gasteiger partial charge >= 0.3 is 0 Å². The highest BCUT2D eigenvalue weighted by Crippen LogP contribution is 2.28. The SMILES string of the molecule is OC(CNCCCSC1CCCCC1)COc1ccccc1. The number of hydrogen-bond donors (Lipinski definition) is 2. The lowest BCUT2D eigenvalue weighted by Crippen LogP contribution is -2.32. The molecule has 1 aliphatic carbocycles. The zero-order valence-corrected chi connectivity index (χ0v) is 14.2. The number of benzene rings is 1. The molecular weight excluding hydrogens is 294 g/mol. The van der Waals surface area contributed by atoms with Crippen LogP contribution in [-0.2, 0) is 0 Å². The summed E-state index contributed by atoms with van der Waals surface area (Å²) in [6.07, 6.45) is 7.81. The summed E-state index contributed by atoms with van der Waals surface area (Å²) < 4.78 is 5.53. The van der Waals surface area contributed by atoms with E-state index in [9.17, 15) is 5.11 Å². The molecule has 0 amide bonds. The maximum atomic E-state index is 9.88. The summed E-state index contributed by atoms with van der Waals surface area (Å²) in [5, 5.41) is 14.1. The molecule has 1 saturated carbocycles. The fourth-order valence-electron chi connectivity index (χ4n) is 2.72. The van der Waals surface area contributed by atoms with Crippen molar-refractivity contribution in [1.82, 2.24) is 5.32 Å². The van der Waals surface area contributed by atoms with Gasteiger partial charge in [0.2, 0.25) is 0 Å². The monoisotopic (exact) mass is 323 g/mol. The van der Waals surface area contributed by atoms with Crippen molar-refractivity contribution in [2.24, 2.45) is 0 Å². The van der Waals surface area contributed by atoms with Crippen molar-refractivity contribution < 1.29 is 9.84 Å². The molecule has 1 aromatic carbocycles. The van der Waals surface area contributed by atoms with Crippen molar-refractivity contribution in [3.8, 4) is 5.75 Å². The van der Waals surface area contributed by atoms with Crippen molar-refractivity contribution in [1.29, 1.82) is 0 Å². The predicted octanol–water partition coefficient (Wildman–Crippen LogP) is 3.47. The van der Waals surface area contributed by atoms with Gasteiger partial charge < -0.3 is 15.2 Å². The van der Waals surface area contributed by atoms with Crippen LogP contribution < -0.4 is 10.1 Å². The van der Waals surface area contributed by atoms with Gasteiger partial charge in [0, 0.05) is 11.8 Å². The molecule has 0 aromatic heterocycles. The number of aliphatic hydroxyl groups is 1. The first-order valence-electron chi connectivity index (χ1n) is 8.53. The Morgan fingerprint density at radius 1 is 1.18 bits per heavy atom. The smallest absolute Gasteiger partial charge is 0.119 e. The third-order valence-electron chi connectivity index (χ3n) is 3.97. The highest BCUT2D eigenvalue weighted by Gasteiger charge is 2.12. The van der Waals surface area contributed by atoms with Gasteiger partial charge in [-0.2, -0.15) is 11.8 Å². The topological polar surface area (TPSA) is 41.5 Å². The summed E-state index contributed by atoms with van der Waals surface area (Å²) in [5.74, 6) is 2.04. The van der Waals surface area contributed by atoms with Crippen LogP contribution in [0.1, 0.15) is 38.5 Å². The number of rotatable bonds is 10. The first-order chi connectivity index (χ1) is 10.8. The molecule has 4 heteroatoms. The van der Waals surface area contributed by atoms with Crippen molar-refractivity contribution in [3.63, 3.8) is 0 Å². The van der Waals surface area contributed by atoms with E-state index in [0.29, 0.717) is 13.2 Å². The molecule has 1 aromatic rings. The van der Waals surface area contributed by atoms with Crippen LogP contribution in [0.4, 0.5) is 0 Å². The van der Waals surface area contributed by atoms with E-state index in [1.807, 2.05) is 30.3 Å². The first kappa shape index (κ1) is 17.6. The van der Waals surface area contributed by atoms with E-state index >= 15 is 0 Å². The van der Waals surface area contributed by atoms with Crippen LogP contribution in [0, 0.1) is 0 Å². The Labute approximate surface area is 138 Å². The molecule has 0 aliphatic heterocycles. The van der Waals surface area contributed by atoms with Crippen molar-refractivity contribution >= 4 is 11.8 Å². The summed E-state index contributed by atoms with van der Waals surface area (Å²) >= 11 is 2.14. The lowest BCUT2D eigenvalue weighted by atomic mass is 10.0. The van der Waals surface area contributed by atoms with E-state index in [1.165, 1.54) is 44.3 Å². The molecule has 0 radical (unpaired) electrons. The third-order valence-corrected chi connectivity index (χ3v) is 5.44. The van der Waals surface area contributed by atoms with E-state index in [2.05, 4.69) is 17.1 Å². The Bertz CT molecular complexity index is 382. The maximum Gasteiger partial charge on any atom is 0.119 e. The normalized spacial score (nSPS) is 17.3. The van der Waals surface area contributed by atoms with Gasteiger partial charge in [0.05, 0.1) is 0 Å². The number of nitrogens with one attached hydrogen (secondary N) is 1. The molecule has 1 fully saturated rings. The molecule has 0 spiro atoms. The van der Waals surface area contributed by atoms with Crippen LogP contribution in [0.3, 0.4) is 0 Å². The van der Waals surface area contributed by atoms with Crippen molar-refractivity contribution in [3.05, 3.63) is 30.3 Å². The van der Waals surface area contributed by atoms with Gasteiger partial charge in [-0.15, -0.1) is 0 Å². The lowest BCUT2D eigenvalue weighted by Gasteiger charge is -2.20. The second kappa shape index (κ2) is 10.9. The average molecular weight is 324 g/mol. The zero-order chi connectivity index (χ0) is 15.5. The van der Waals surface area contributed by atoms with Crippen molar-refractivity contribution in [2.45, 2.75) is 49.9 Å². The van der Waals surface area contributed by atoms with E-state index in [4.69, 9.17) is 4.74 Å². The lowest BCUT2D eigenvalue weighted by molar-refractivity contribution is 0.106. The van der Waals surface area contributed by atoms with E-state index in [1.54, 1.807) is 0 Å². The fraction of sp³-hybridized carbons (Fsp3) is 0.667. The van der Waals surface area contributed by atoms with Gasteiger partial charge in [-0.3, -0.25) is 0 Å². The molecule has 0 heterocycles. The summed E-state index contributed by atoms with van der Waals surface area (Å²) in [4.78, 5) is 0. The number of thioether (sulfide) groups is 1. The molecule has 124 valence electrons. The zero-order valence-electron chi connectivity index (χ0n) is 13.4. The Morgan fingerprint density at radius 3 is 2.73 bits per heavy atom. The molecule has 22 heavy (non-hydrogen) atoms. The Balaban J connectivity index is 1.42. The Hall–Kier alpha value is -0.710. The minimum Gasteiger partial charge on any atom is -0.491 e.